The van der Waals surface area contributed by atoms with Gasteiger partial charge in [0.05, 0.1) is 6.04 Å². The quantitative estimate of drug-likeness (QED) is 0.665. The van der Waals surface area contributed by atoms with Gasteiger partial charge in [0.25, 0.3) is 0 Å². The Morgan fingerprint density at radius 2 is 1.82 bits per heavy atom. The number of carboxylic acids is 1. The van der Waals surface area contributed by atoms with Gasteiger partial charge in [-0.05, 0) is 20.4 Å². The van der Waals surface area contributed by atoms with E-state index >= 15 is 0 Å². The highest BCUT2D eigenvalue weighted by molar-refractivity contribution is 5.91. The van der Waals surface area contributed by atoms with Crippen LogP contribution in [0.15, 0.2) is 0 Å². The highest BCUT2D eigenvalue weighted by Crippen LogP contribution is 2.23. The van der Waals surface area contributed by atoms with Crippen molar-refractivity contribution in [1.29, 1.82) is 0 Å². The smallest absolute Gasteiger partial charge is 0.303 e. The molecule has 0 saturated heterocycles. The summed E-state index contributed by atoms with van der Waals surface area (Å²) in [6, 6.07) is -0.496. The second-order valence-corrected chi connectivity index (χ2v) is 4.86. The number of hydrogen-bond acceptors (Lipinski definition) is 4. The van der Waals surface area contributed by atoms with E-state index in [1.807, 2.05) is 0 Å². The molecule has 0 saturated carbocycles. The van der Waals surface area contributed by atoms with Crippen molar-refractivity contribution < 1.29 is 19.5 Å². The van der Waals surface area contributed by atoms with Crippen LogP contribution < -0.4 is 5.32 Å². The summed E-state index contributed by atoms with van der Waals surface area (Å²) in [6.45, 7) is 4.90. The number of nitrogens with one attached hydrogen (secondary N) is 1. The molecule has 0 aliphatic rings. The molecule has 0 rings (SSSR count). The highest BCUT2D eigenvalue weighted by atomic mass is 16.4. The first-order valence-corrected chi connectivity index (χ1v) is 5.63. The van der Waals surface area contributed by atoms with Crippen LogP contribution in [0.25, 0.3) is 0 Å². The number of aliphatic carboxylic acids is 1. The summed E-state index contributed by atoms with van der Waals surface area (Å²) in [7, 11) is 1.62. The zero-order valence-electron chi connectivity index (χ0n) is 10.9. The maximum absolute atomic E-state index is 11.9. The third kappa shape index (κ3) is 5.58. The Morgan fingerprint density at radius 1 is 1.29 bits per heavy atom. The first kappa shape index (κ1) is 15.8. The van der Waals surface area contributed by atoms with Crippen molar-refractivity contribution in [2.24, 2.45) is 5.41 Å². The van der Waals surface area contributed by atoms with Crippen molar-refractivity contribution in [3.63, 3.8) is 0 Å². The Kier molecular flexibility index (Phi) is 6.02. The van der Waals surface area contributed by atoms with Crippen LogP contribution in [0.4, 0.5) is 0 Å². The van der Waals surface area contributed by atoms with E-state index in [4.69, 9.17) is 5.11 Å². The monoisotopic (exact) mass is 243 g/mol. The van der Waals surface area contributed by atoms with Gasteiger partial charge in [0.15, 0.2) is 5.78 Å². The fourth-order valence-corrected chi connectivity index (χ4v) is 1.42. The van der Waals surface area contributed by atoms with Crippen LogP contribution >= 0.6 is 0 Å². The molecular formula is C12H21NO4. The molecule has 0 aromatic rings. The van der Waals surface area contributed by atoms with Crippen LogP contribution in [0.3, 0.4) is 0 Å². The molecule has 0 spiro atoms. The van der Waals surface area contributed by atoms with E-state index in [2.05, 4.69) is 5.32 Å². The minimum Gasteiger partial charge on any atom is -0.481 e. The van der Waals surface area contributed by atoms with Gasteiger partial charge >= 0.3 is 5.97 Å². The third-order valence-electron chi connectivity index (χ3n) is 2.95. The summed E-state index contributed by atoms with van der Waals surface area (Å²) in [5, 5.41) is 11.4. The largest absolute Gasteiger partial charge is 0.481 e. The topological polar surface area (TPSA) is 83.5 Å². The lowest BCUT2D eigenvalue weighted by Crippen LogP contribution is -2.38. The van der Waals surface area contributed by atoms with Gasteiger partial charge in [-0.15, -0.1) is 0 Å². The zero-order chi connectivity index (χ0) is 13.6. The molecule has 0 heterocycles. The van der Waals surface area contributed by atoms with Crippen LogP contribution in [0.5, 0.6) is 0 Å². The molecule has 0 aliphatic carbocycles. The fourth-order valence-electron chi connectivity index (χ4n) is 1.42. The van der Waals surface area contributed by atoms with Gasteiger partial charge in [0.2, 0.25) is 0 Å². The molecule has 0 aromatic heterocycles. The molecule has 0 amide bonds. The maximum Gasteiger partial charge on any atom is 0.303 e. The van der Waals surface area contributed by atoms with E-state index in [0.717, 1.165) is 0 Å². The summed E-state index contributed by atoms with van der Waals surface area (Å²) in [4.78, 5) is 33.7. The molecule has 1 atom stereocenters. The second kappa shape index (κ2) is 6.49. The first-order chi connectivity index (χ1) is 7.70. The molecule has 98 valence electrons. The molecule has 2 N–H and O–H groups in total. The number of likely N-dealkylation sites (N-methyl/N-ethyl adjacent to an activating group) is 1. The van der Waals surface area contributed by atoms with Crippen LogP contribution in [-0.2, 0) is 14.4 Å². The van der Waals surface area contributed by atoms with E-state index in [1.54, 1.807) is 20.9 Å². The van der Waals surface area contributed by atoms with E-state index in [9.17, 15) is 14.4 Å². The van der Waals surface area contributed by atoms with Gasteiger partial charge < -0.3 is 10.4 Å². The Labute approximate surface area is 102 Å². The Bertz CT molecular complexity index is 310. The predicted octanol–water partition coefficient (Wildman–Crippen LogP) is 1.01. The third-order valence-corrected chi connectivity index (χ3v) is 2.95. The fraction of sp³-hybridized carbons (Fsp3) is 0.750. The van der Waals surface area contributed by atoms with Crippen LogP contribution in [0, 0.1) is 5.41 Å². The number of carbonyl (C=O) groups is 3. The van der Waals surface area contributed by atoms with Crippen molar-refractivity contribution in [1.82, 2.24) is 5.32 Å². The molecule has 0 radical (unpaired) electrons. The SMILES string of the molecule is CN[C@@H](CCC(=O)O)C(=O)CC(C)(C)C(C)=O. The molecule has 0 fully saturated rings. The molecule has 17 heavy (non-hydrogen) atoms. The minimum absolute atomic E-state index is 0.0427. The van der Waals surface area contributed by atoms with Gasteiger partial charge in [-0.3, -0.25) is 14.4 Å². The van der Waals surface area contributed by atoms with Crippen LogP contribution in [-0.4, -0.2) is 35.7 Å². The van der Waals surface area contributed by atoms with Gasteiger partial charge in [-0.25, -0.2) is 0 Å². The van der Waals surface area contributed by atoms with Gasteiger partial charge in [0.1, 0.15) is 5.78 Å². The summed E-state index contributed by atoms with van der Waals surface area (Å²) in [5.41, 5.74) is -0.685. The summed E-state index contributed by atoms with van der Waals surface area (Å²) >= 11 is 0. The zero-order valence-corrected chi connectivity index (χ0v) is 10.9. The first-order valence-electron chi connectivity index (χ1n) is 5.63. The molecule has 5 heteroatoms. The number of hydrogen-bond donors (Lipinski definition) is 2. The van der Waals surface area contributed by atoms with E-state index in [0.29, 0.717) is 0 Å². The molecule has 0 unspecified atom stereocenters. The lowest BCUT2D eigenvalue weighted by atomic mass is 9.81. The van der Waals surface area contributed by atoms with Gasteiger partial charge in [-0.1, -0.05) is 13.8 Å². The minimum atomic E-state index is -0.927. The molecular weight excluding hydrogens is 222 g/mol. The predicted molar refractivity (Wildman–Crippen MR) is 63.8 cm³/mol. The number of ketones is 2. The molecule has 0 bridgehead atoms. The normalized spacial score (nSPS) is 13.2. The number of carboxylic acid groups (broad SMARTS) is 1. The van der Waals surface area contributed by atoms with Crippen molar-refractivity contribution in [2.75, 3.05) is 7.05 Å². The standard InChI is InChI=1S/C12H21NO4/c1-8(14)12(2,3)7-10(15)9(13-4)5-6-11(16)17/h9,13H,5-7H2,1-4H3,(H,16,17)/t9-/m0/s1. The molecule has 0 aliphatic heterocycles. The summed E-state index contributed by atoms with van der Waals surface area (Å²) in [6.07, 6.45) is 0.323. The van der Waals surface area contributed by atoms with E-state index in [1.165, 1.54) is 6.92 Å². The van der Waals surface area contributed by atoms with Gasteiger partial charge in [0, 0.05) is 18.3 Å². The second-order valence-electron chi connectivity index (χ2n) is 4.86. The van der Waals surface area contributed by atoms with Crippen LogP contribution in [0.1, 0.15) is 40.0 Å². The van der Waals surface area contributed by atoms with E-state index < -0.39 is 17.4 Å². The van der Waals surface area contributed by atoms with Crippen molar-refractivity contribution in [3.8, 4) is 0 Å². The van der Waals surface area contributed by atoms with Crippen LogP contribution in [0.2, 0.25) is 0 Å². The Morgan fingerprint density at radius 3 is 2.18 bits per heavy atom. The lowest BCUT2D eigenvalue weighted by Gasteiger charge is -2.23. The number of rotatable bonds is 8. The number of carbonyl (C=O) groups excluding carboxylic acids is 2. The van der Waals surface area contributed by atoms with Crippen molar-refractivity contribution in [2.45, 2.75) is 46.1 Å². The summed E-state index contributed by atoms with van der Waals surface area (Å²) in [5.74, 6) is -1.09. The number of Topliss-reactive ketones (excluding diaryl/α,β-unsaturated/α-hetero) is 2. The Hall–Kier alpha value is -1.23. The van der Waals surface area contributed by atoms with E-state index in [-0.39, 0.29) is 30.8 Å². The average molecular weight is 243 g/mol. The molecule has 5 nitrogen and oxygen atoms in total. The highest BCUT2D eigenvalue weighted by Gasteiger charge is 2.30. The van der Waals surface area contributed by atoms with Crippen molar-refractivity contribution >= 4 is 17.5 Å². The average Bonchev–Trinajstić information content (AvgIpc) is 2.16. The Balaban J connectivity index is 4.45. The maximum atomic E-state index is 11.9. The van der Waals surface area contributed by atoms with Crippen molar-refractivity contribution in [3.05, 3.63) is 0 Å². The molecule has 0 aromatic carbocycles. The van der Waals surface area contributed by atoms with Gasteiger partial charge in [-0.2, -0.15) is 0 Å². The lowest BCUT2D eigenvalue weighted by molar-refractivity contribution is -0.137. The summed E-state index contributed by atoms with van der Waals surface area (Å²) < 4.78 is 0.